The number of aryl methyl sites for hydroxylation is 1. The van der Waals surface area contributed by atoms with Crippen molar-refractivity contribution in [2.24, 2.45) is 0 Å². The molecule has 0 fully saturated rings. The van der Waals surface area contributed by atoms with Gasteiger partial charge in [-0.1, -0.05) is 0 Å². The molecular weight excluding hydrogens is 231 g/mol. The maximum Gasteiger partial charge on any atom is 0.414 e. The minimum atomic E-state index is -4.89. The van der Waals surface area contributed by atoms with Crippen molar-refractivity contribution in [2.75, 3.05) is 0 Å². The van der Waals surface area contributed by atoms with Crippen LogP contribution >= 0.6 is 0 Å². The molecule has 1 rings (SSSR count). The van der Waals surface area contributed by atoms with E-state index in [0.29, 0.717) is 0 Å². The molecule has 0 aliphatic rings. The summed E-state index contributed by atoms with van der Waals surface area (Å²) in [6, 6.07) is 1.84. The molecule has 0 bridgehead atoms. The molecule has 0 aliphatic carbocycles. The lowest BCUT2D eigenvalue weighted by molar-refractivity contribution is -0.203. The highest BCUT2D eigenvalue weighted by Gasteiger charge is 2.39. The average molecular weight is 240 g/mol. The third-order valence-electron chi connectivity index (χ3n) is 2.06. The summed E-state index contributed by atoms with van der Waals surface area (Å²) in [4.78, 5) is 0. The first kappa shape index (κ1) is 12.9. The highest BCUT2D eigenvalue weighted by atomic mass is 19.4. The maximum absolute atomic E-state index is 13.1. The number of alkyl halides is 3. The van der Waals surface area contributed by atoms with Crippen LogP contribution in [0.15, 0.2) is 12.1 Å². The van der Waals surface area contributed by atoms with Gasteiger partial charge in [0.15, 0.2) is 6.10 Å². The largest absolute Gasteiger partial charge is 0.414 e. The molecule has 0 saturated carbocycles. The number of aliphatic hydroxyl groups excluding tert-OH is 1. The Morgan fingerprint density at radius 2 is 1.62 bits per heavy atom. The Labute approximate surface area is 88.5 Å². The van der Waals surface area contributed by atoms with Crippen LogP contribution < -0.4 is 0 Å². The molecule has 0 heterocycles. The van der Waals surface area contributed by atoms with E-state index in [0.717, 1.165) is 12.1 Å². The Morgan fingerprint density at radius 3 is 2.00 bits per heavy atom. The monoisotopic (exact) mass is 240 g/mol. The van der Waals surface area contributed by atoms with Crippen LogP contribution in [-0.4, -0.2) is 17.4 Å². The molecule has 0 aromatic heterocycles. The van der Waals surface area contributed by atoms with E-state index in [1.165, 1.54) is 6.92 Å². The minimum absolute atomic E-state index is 0.264. The maximum atomic E-state index is 13.1. The van der Waals surface area contributed by atoms with Crippen molar-refractivity contribution in [3.8, 4) is 0 Å². The Kier molecular flexibility index (Phi) is 3.52. The molecule has 6 heteroatoms. The lowest BCUT2D eigenvalue weighted by Crippen LogP contribution is -2.31. The van der Waals surface area contributed by atoms with Crippen molar-refractivity contribution < 1.29 is 27.1 Å². The van der Waals surface area contributed by atoms with Gasteiger partial charge in [0.2, 0.25) is 0 Å². The minimum Gasteiger partial charge on any atom is -0.383 e. The predicted molar refractivity (Wildman–Crippen MR) is 46.9 cm³/mol. The molecular formula is C10H9F5O. The Bertz CT molecular complexity index is 362. The Morgan fingerprint density at radius 1 is 1.19 bits per heavy atom. The van der Waals surface area contributed by atoms with Crippen molar-refractivity contribution >= 4 is 0 Å². The van der Waals surface area contributed by atoms with Crippen LogP contribution in [0.1, 0.15) is 11.1 Å². The van der Waals surface area contributed by atoms with Crippen molar-refractivity contribution in [1.29, 1.82) is 0 Å². The number of halogens is 5. The van der Waals surface area contributed by atoms with Gasteiger partial charge in [0.05, 0.1) is 0 Å². The van der Waals surface area contributed by atoms with Gasteiger partial charge in [0.1, 0.15) is 11.6 Å². The summed E-state index contributed by atoms with van der Waals surface area (Å²) < 4.78 is 62.2. The molecule has 90 valence electrons. The molecule has 0 aliphatic heterocycles. The molecule has 1 atom stereocenters. The fourth-order valence-electron chi connectivity index (χ4n) is 1.23. The summed E-state index contributed by atoms with van der Waals surface area (Å²) in [7, 11) is 0. The SMILES string of the molecule is Cc1cc(F)c(CC(O)C(F)(F)F)c(F)c1. The number of benzene rings is 1. The molecule has 1 N–H and O–H groups in total. The first-order valence-corrected chi connectivity index (χ1v) is 4.41. The standard InChI is InChI=1S/C10H9F5O/c1-5-2-7(11)6(8(12)3-5)4-9(16)10(13,14)15/h2-3,9,16H,4H2,1H3. The zero-order valence-electron chi connectivity index (χ0n) is 8.28. The Hall–Kier alpha value is -1.17. The quantitative estimate of drug-likeness (QED) is 0.788. The van der Waals surface area contributed by atoms with Gasteiger partial charge in [-0.25, -0.2) is 8.78 Å². The first-order valence-electron chi connectivity index (χ1n) is 4.41. The second kappa shape index (κ2) is 4.37. The highest BCUT2D eigenvalue weighted by molar-refractivity contribution is 5.26. The van der Waals surface area contributed by atoms with Crippen LogP contribution in [0.4, 0.5) is 22.0 Å². The van der Waals surface area contributed by atoms with E-state index in [1.54, 1.807) is 0 Å². The average Bonchev–Trinajstić information content (AvgIpc) is 2.08. The van der Waals surface area contributed by atoms with E-state index >= 15 is 0 Å². The van der Waals surface area contributed by atoms with Gasteiger partial charge >= 0.3 is 6.18 Å². The molecule has 0 saturated heterocycles. The topological polar surface area (TPSA) is 20.2 Å². The summed E-state index contributed by atoms with van der Waals surface area (Å²) in [6.07, 6.45) is -8.77. The van der Waals surface area contributed by atoms with Gasteiger partial charge in [-0.15, -0.1) is 0 Å². The van der Waals surface area contributed by atoms with E-state index in [1.807, 2.05) is 0 Å². The molecule has 16 heavy (non-hydrogen) atoms. The summed E-state index contributed by atoms with van der Waals surface area (Å²) in [5.41, 5.74) is -0.490. The number of aliphatic hydroxyl groups is 1. The third-order valence-corrected chi connectivity index (χ3v) is 2.06. The normalized spacial score (nSPS) is 13.9. The molecule has 1 nitrogen and oxygen atoms in total. The van der Waals surface area contributed by atoms with Crippen LogP contribution in [0.25, 0.3) is 0 Å². The number of hydrogen-bond acceptors (Lipinski definition) is 1. The van der Waals surface area contributed by atoms with Gasteiger partial charge in [-0.05, 0) is 24.6 Å². The van der Waals surface area contributed by atoms with Crippen LogP contribution in [0.5, 0.6) is 0 Å². The fraction of sp³-hybridized carbons (Fsp3) is 0.400. The lowest BCUT2D eigenvalue weighted by Gasteiger charge is -2.15. The molecule has 0 spiro atoms. The van der Waals surface area contributed by atoms with Gasteiger partial charge < -0.3 is 5.11 Å². The van der Waals surface area contributed by atoms with Gasteiger partial charge in [0.25, 0.3) is 0 Å². The molecule has 1 aromatic rings. The summed E-state index contributed by atoms with van der Waals surface area (Å²) in [5, 5.41) is 8.70. The molecule has 1 unspecified atom stereocenters. The number of hydrogen-bond donors (Lipinski definition) is 1. The van der Waals surface area contributed by atoms with E-state index in [4.69, 9.17) is 5.11 Å². The van der Waals surface area contributed by atoms with Crippen LogP contribution in [0, 0.1) is 18.6 Å². The van der Waals surface area contributed by atoms with Crippen LogP contribution in [0.3, 0.4) is 0 Å². The van der Waals surface area contributed by atoms with E-state index in [9.17, 15) is 22.0 Å². The highest BCUT2D eigenvalue weighted by Crippen LogP contribution is 2.25. The van der Waals surface area contributed by atoms with Crippen LogP contribution in [-0.2, 0) is 6.42 Å². The van der Waals surface area contributed by atoms with Crippen molar-refractivity contribution in [3.05, 3.63) is 34.9 Å². The summed E-state index contributed by atoms with van der Waals surface area (Å²) in [6.45, 7) is 1.41. The molecule has 1 aromatic carbocycles. The second-order valence-corrected chi connectivity index (χ2v) is 3.47. The zero-order valence-corrected chi connectivity index (χ0v) is 8.28. The van der Waals surface area contributed by atoms with E-state index in [2.05, 4.69) is 0 Å². The van der Waals surface area contributed by atoms with Gasteiger partial charge in [-0.2, -0.15) is 13.2 Å². The smallest absolute Gasteiger partial charge is 0.383 e. The van der Waals surface area contributed by atoms with E-state index < -0.39 is 35.9 Å². The van der Waals surface area contributed by atoms with Gasteiger partial charge in [-0.3, -0.25) is 0 Å². The fourth-order valence-corrected chi connectivity index (χ4v) is 1.23. The lowest BCUT2D eigenvalue weighted by atomic mass is 10.0. The number of rotatable bonds is 2. The molecule has 0 radical (unpaired) electrons. The summed E-state index contributed by atoms with van der Waals surface area (Å²) in [5.74, 6) is -2.17. The van der Waals surface area contributed by atoms with Crippen molar-refractivity contribution in [3.63, 3.8) is 0 Å². The predicted octanol–water partition coefficient (Wildman–Crippen LogP) is 2.74. The first-order chi connectivity index (χ1) is 7.21. The Balaban J connectivity index is 2.98. The van der Waals surface area contributed by atoms with Crippen molar-refractivity contribution in [1.82, 2.24) is 0 Å². The summed E-state index contributed by atoms with van der Waals surface area (Å²) >= 11 is 0. The van der Waals surface area contributed by atoms with Crippen LogP contribution in [0.2, 0.25) is 0 Å². The zero-order chi connectivity index (χ0) is 12.5. The van der Waals surface area contributed by atoms with Crippen molar-refractivity contribution in [2.45, 2.75) is 25.6 Å². The molecule has 0 amide bonds. The van der Waals surface area contributed by atoms with Gasteiger partial charge in [0, 0.05) is 12.0 Å². The second-order valence-electron chi connectivity index (χ2n) is 3.47. The van der Waals surface area contributed by atoms with E-state index in [-0.39, 0.29) is 5.56 Å². The third kappa shape index (κ3) is 2.91.